The quantitative estimate of drug-likeness (QED) is 0.220. The Morgan fingerprint density at radius 2 is 1.07 bits per heavy atom. The molecule has 0 aromatic carbocycles. The van der Waals surface area contributed by atoms with E-state index in [1.165, 1.54) is 0 Å². The molecule has 0 saturated carbocycles. The molecule has 2 aliphatic heterocycles. The van der Waals surface area contributed by atoms with Gasteiger partial charge in [0.05, 0.1) is 28.3 Å². The molecule has 5 rings (SSSR count). The van der Waals surface area contributed by atoms with E-state index in [9.17, 15) is 25.3 Å². The molecule has 8 bridgehead atoms. The van der Waals surface area contributed by atoms with Crippen molar-refractivity contribution in [1.82, 2.24) is 19.9 Å². The third-order valence-corrected chi connectivity index (χ3v) is 8.25. The van der Waals surface area contributed by atoms with Crippen LogP contribution in [0.25, 0.3) is 44.4 Å². The Labute approximate surface area is 250 Å². The summed E-state index contributed by atoms with van der Waals surface area (Å²) >= 11 is 0. The number of carboxylic acids is 2. The molecular weight excluding hydrogens is 528 g/mol. The lowest BCUT2D eigenvalue weighted by Crippen LogP contribution is -1.97. The number of hydrogen-bond donors (Lipinski definition) is 4. The Balaban J connectivity index is 2.08. The molecule has 0 unspecified atom stereocenters. The van der Waals surface area contributed by atoms with Crippen molar-refractivity contribution in [3.05, 3.63) is 69.2 Å². The summed E-state index contributed by atoms with van der Waals surface area (Å²) in [6.07, 6.45) is 0.875. The largest absolute Gasteiger partial charge is 0.481 e. The number of aliphatic carboxylic acids is 2. The van der Waals surface area contributed by atoms with Crippen LogP contribution in [0.5, 0.6) is 0 Å². The van der Waals surface area contributed by atoms with Gasteiger partial charge in [0.2, 0.25) is 0 Å². The summed E-state index contributed by atoms with van der Waals surface area (Å²) in [4.78, 5) is 39.5. The van der Waals surface area contributed by atoms with E-state index in [4.69, 9.17) is 9.97 Å². The second kappa shape index (κ2) is 11.4. The van der Waals surface area contributed by atoms with Crippen molar-refractivity contribution in [2.45, 2.75) is 80.1 Å². The minimum absolute atomic E-state index is 0.0600. The van der Waals surface area contributed by atoms with Crippen molar-refractivity contribution in [2.24, 2.45) is 0 Å². The van der Waals surface area contributed by atoms with Crippen molar-refractivity contribution < 1.29 is 25.3 Å². The average Bonchev–Trinajstić information content (AvgIpc) is 3.73. The van der Waals surface area contributed by atoms with E-state index < -0.39 is 11.9 Å². The predicted molar refractivity (Wildman–Crippen MR) is 168 cm³/mol. The van der Waals surface area contributed by atoms with Crippen LogP contribution in [0.4, 0.5) is 0 Å². The van der Waals surface area contributed by atoms with Gasteiger partial charge in [0, 0.05) is 34.9 Å². The first-order valence-corrected chi connectivity index (χ1v) is 14.3. The van der Waals surface area contributed by atoms with Crippen molar-refractivity contribution in [3.8, 4) is 0 Å². The van der Waals surface area contributed by atoms with Crippen LogP contribution >= 0.6 is 0 Å². The van der Waals surface area contributed by atoms with Crippen molar-refractivity contribution in [1.29, 1.82) is 0 Å². The van der Waals surface area contributed by atoms with Gasteiger partial charge in [-0.15, -0.1) is 0 Å². The van der Waals surface area contributed by atoms with E-state index in [2.05, 4.69) is 9.97 Å². The molecule has 8 nitrogen and oxygen atoms in total. The number of carbonyl (C=O) groups is 2. The number of nitrogens with one attached hydrogen (secondary N) is 2. The predicted octanol–water partition coefficient (Wildman–Crippen LogP) is 7.65. The topological polar surface area (TPSA) is 132 Å². The highest BCUT2D eigenvalue weighted by atomic mass is 16.4. The number of H-pyrrole nitrogens is 2. The first-order chi connectivity index (χ1) is 21.7. The summed E-state index contributed by atoms with van der Waals surface area (Å²) in [7, 11) is 0. The average molecular weight is 571 g/mol. The lowest BCUT2D eigenvalue weighted by molar-refractivity contribution is -0.137. The maximum atomic E-state index is 11.6. The fraction of sp³-hybridized carbons (Fsp3) is 0.353. The molecule has 0 radical (unpaired) electrons. The molecule has 3 aromatic heterocycles. The van der Waals surface area contributed by atoms with Gasteiger partial charge in [-0.05, 0) is 122 Å². The van der Waals surface area contributed by atoms with Gasteiger partial charge >= 0.3 is 11.9 Å². The standard InChI is InChI=1S/C34H38N4O4/c1-7-21-17(3)25-13-26-19(5)23(9-11-33(39)40)31(37-26)16-32-24(10-12-34(41)42)20(6)28(38-32)15-30-22(8-2)18(4)27(36-30)14-29(21)35-25/h13-16,35-36H,7-12H2,1-6H3,(H,39,40)(H,41,42)/i13D,14D,15D,16D. The second-order valence-corrected chi connectivity index (χ2v) is 10.8. The Hall–Kier alpha value is -4.46. The molecule has 0 amide bonds. The number of aromatic nitrogens is 4. The first kappa shape index (κ1) is 24.2. The normalized spacial score (nSPS) is 14.6. The molecule has 0 spiro atoms. The Morgan fingerprint density at radius 3 is 1.50 bits per heavy atom. The summed E-state index contributed by atoms with van der Waals surface area (Å²) < 4.78 is 37.3. The highest BCUT2D eigenvalue weighted by Crippen LogP contribution is 2.38. The fourth-order valence-electron chi connectivity index (χ4n) is 5.78. The number of fused-ring (bicyclic) bond motifs is 8. The van der Waals surface area contributed by atoms with E-state index in [1.54, 1.807) is 13.8 Å². The van der Waals surface area contributed by atoms with Gasteiger partial charge in [-0.3, -0.25) is 9.59 Å². The van der Waals surface area contributed by atoms with E-state index in [0.29, 0.717) is 57.2 Å². The third-order valence-electron chi connectivity index (χ3n) is 8.25. The van der Waals surface area contributed by atoms with Crippen LogP contribution < -0.4 is 0 Å². The van der Waals surface area contributed by atoms with Crippen LogP contribution in [0.2, 0.25) is 0 Å². The van der Waals surface area contributed by atoms with Crippen LogP contribution in [-0.2, 0) is 22.4 Å². The molecule has 218 valence electrons. The van der Waals surface area contributed by atoms with Gasteiger partial charge in [-0.1, -0.05) is 13.8 Å². The fourth-order valence-corrected chi connectivity index (χ4v) is 5.78. The zero-order chi connectivity index (χ0) is 33.8. The lowest BCUT2D eigenvalue weighted by Gasteiger charge is -2.05. The number of nitrogens with zero attached hydrogens (tertiary/aromatic N) is 2. The molecule has 2 aliphatic rings. The summed E-state index contributed by atoms with van der Waals surface area (Å²) in [5, 5.41) is 19.0. The SMILES string of the molecule is [2H]c1c2nc(c([2H])c3[nH]c(c(CC)c3C)c([2H])c3[nH]c(c([2H])c4nc1C(CCC(=O)O)=C4C)c(CC)c3C)C(C)=C2CCC(=O)O. The monoisotopic (exact) mass is 570 g/mol. The molecule has 8 heteroatoms. The number of aryl methyl sites for hydroxylation is 4. The highest BCUT2D eigenvalue weighted by molar-refractivity contribution is 5.96. The number of aromatic amines is 2. The van der Waals surface area contributed by atoms with Crippen molar-refractivity contribution >= 4 is 56.3 Å². The minimum Gasteiger partial charge on any atom is -0.481 e. The van der Waals surface area contributed by atoms with Gasteiger partial charge < -0.3 is 20.2 Å². The van der Waals surface area contributed by atoms with Crippen LogP contribution in [0.1, 0.15) is 104 Å². The van der Waals surface area contributed by atoms with Crippen LogP contribution in [-0.4, -0.2) is 42.1 Å². The van der Waals surface area contributed by atoms with Crippen LogP contribution in [0, 0.1) is 13.8 Å². The Morgan fingerprint density at radius 1 is 0.667 bits per heavy atom. The van der Waals surface area contributed by atoms with Crippen LogP contribution in [0.15, 0.2) is 24.2 Å². The number of allylic oxidation sites excluding steroid dienone is 4. The summed E-state index contributed by atoms with van der Waals surface area (Å²) in [5.41, 5.74) is 8.50. The third kappa shape index (κ3) is 5.29. The maximum Gasteiger partial charge on any atom is 0.303 e. The molecule has 42 heavy (non-hydrogen) atoms. The molecule has 4 N–H and O–H groups in total. The molecule has 0 saturated heterocycles. The van der Waals surface area contributed by atoms with Gasteiger partial charge in [0.15, 0.2) is 0 Å². The summed E-state index contributed by atoms with van der Waals surface area (Å²) in [5.74, 6) is -2.03. The molecular formula is C34H38N4O4. The number of carboxylic acid groups (broad SMARTS) is 2. The molecule has 0 fully saturated rings. The first-order valence-electron chi connectivity index (χ1n) is 16.3. The molecule has 5 heterocycles. The zero-order valence-electron chi connectivity index (χ0n) is 28.8. The van der Waals surface area contributed by atoms with Crippen molar-refractivity contribution in [3.63, 3.8) is 0 Å². The zero-order valence-corrected chi connectivity index (χ0v) is 24.8. The Bertz CT molecular complexity index is 2070. The van der Waals surface area contributed by atoms with Gasteiger partial charge in [0.25, 0.3) is 0 Å². The molecule has 0 atom stereocenters. The highest BCUT2D eigenvalue weighted by Gasteiger charge is 2.22. The van der Waals surface area contributed by atoms with Gasteiger partial charge in [-0.2, -0.15) is 0 Å². The van der Waals surface area contributed by atoms with E-state index in [0.717, 1.165) is 22.3 Å². The van der Waals surface area contributed by atoms with Crippen LogP contribution in [0.3, 0.4) is 0 Å². The molecule has 0 aliphatic carbocycles. The van der Waals surface area contributed by atoms with E-state index >= 15 is 0 Å². The van der Waals surface area contributed by atoms with E-state index in [1.807, 2.05) is 27.7 Å². The second-order valence-electron chi connectivity index (χ2n) is 10.8. The van der Waals surface area contributed by atoms with Crippen molar-refractivity contribution in [2.75, 3.05) is 0 Å². The summed E-state index contributed by atoms with van der Waals surface area (Å²) in [6.45, 7) is 11.3. The minimum atomic E-state index is -1.02. The smallest absolute Gasteiger partial charge is 0.303 e. The maximum absolute atomic E-state index is 11.6. The van der Waals surface area contributed by atoms with Gasteiger partial charge in [-0.25, -0.2) is 9.97 Å². The number of rotatable bonds is 8. The van der Waals surface area contributed by atoms with Gasteiger partial charge in [0.1, 0.15) is 0 Å². The van der Waals surface area contributed by atoms with E-state index in [-0.39, 0.29) is 72.6 Å². The number of hydrogen-bond acceptors (Lipinski definition) is 4. The molecule has 3 aromatic rings. The lowest BCUT2D eigenvalue weighted by atomic mass is 9.98. The summed E-state index contributed by atoms with van der Waals surface area (Å²) in [6, 6.07) is 0.212. The Kier molecular flexibility index (Phi) is 6.58.